The van der Waals surface area contributed by atoms with Crippen LogP contribution in [-0.2, 0) is 11.2 Å². The lowest BCUT2D eigenvalue weighted by molar-refractivity contribution is -0.125. The first-order valence-electron chi connectivity index (χ1n) is 5.70. The average molecular weight is 220 g/mol. The average Bonchev–Trinajstić information content (AvgIpc) is 2.95. The Hall–Kier alpha value is -1.38. The molecule has 2 nitrogen and oxygen atoms in total. The third-order valence-electron chi connectivity index (χ3n) is 3.24. The van der Waals surface area contributed by atoms with Crippen LogP contribution in [-0.4, -0.2) is 11.9 Å². The Labute approximate surface area is 93.4 Å². The van der Waals surface area contributed by atoms with E-state index in [2.05, 4.69) is 0 Å². The molecule has 1 aliphatic carbocycles. The van der Waals surface area contributed by atoms with Gasteiger partial charge in [-0.2, -0.15) is 0 Å². The molecule has 0 N–H and O–H groups in total. The monoisotopic (exact) mass is 220 g/mol. The number of rotatable bonds is 3. The highest BCUT2D eigenvalue weighted by atomic mass is 19.1. The van der Waals surface area contributed by atoms with Crippen LogP contribution >= 0.6 is 0 Å². The molecular weight excluding hydrogens is 207 g/mol. The highest BCUT2D eigenvalue weighted by Crippen LogP contribution is 2.35. The van der Waals surface area contributed by atoms with Crippen molar-refractivity contribution < 1.29 is 13.9 Å². The molecular formula is C13H13FO2. The van der Waals surface area contributed by atoms with Gasteiger partial charge in [-0.15, -0.1) is 0 Å². The predicted octanol–water partition coefficient (Wildman–Crippen LogP) is 2.50. The van der Waals surface area contributed by atoms with Crippen LogP contribution in [0.4, 0.5) is 4.39 Å². The van der Waals surface area contributed by atoms with Crippen LogP contribution in [0.2, 0.25) is 0 Å². The molecule has 0 aromatic heterocycles. The van der Waals surface area contributed by atoms with E-state index in [0.29, 0.717) is 24.5 Å². The second kappa shape index (κ2) is 3.58. The van der Waals surface area contributed by atoms with Crippen molar-refractivity contribution in [2.75, 3.05) is 0 Å². The molecule has 1 saturated carbocycles. The maximum absolute atomic E-state index is 13.0. The third kappa shape index (κ3) is 1.82. The van der Waals surface area contributed by atoms with E-state index in [1.54, 1.807) is 6.07 Å². The number of hydrogen-bond acceptors (Lipinski definition) is 2. The Balaban J connectivity index is 1.71. The lowest BCUT2D eigenvalue weighted by atomic mass is 10.0. The Bertz CT molecular complexity index is 438. The van der Waals surface area contributed by atoms with Crippen molar-refractivity contribution in [3.63, 3.8) is 0 Å². The fourth-order valence-corrected chi connectivity index (χ4v) is 2.13. The Morgan fingerprint density at radius 3 is 3.00 bits per heavy atom. The summed E-state index contributed by atoms with van der Waals surface area (Å²) in [6.45, 7) is 0. The molecule has 3 heteroatoms. The molecule has 0 radical (unpaired) electrons. The van der Waals surface area contributed by atoms with Crippen molar-refractivity contribution in [2.24, 2.45) is 5.92 Å². The van der Waals surface area contributed by atoms with E-state index in [1.807, 2.05) is 0 Å². The lowest BCUT2D eigenvalue weighted by Crippen LogP contribution is -2.25. The molecule has 1 unspecified atom stereocenters. The molecule has 84 valence electrons. The molecule has 0 amide bonds. The molecule has 1 aromatic rings. The van der Waals surface area contributed by atoms with E-state index in [0.717, 1.165) is 5.56 Å². The quantitative estimate of drug-likeness (QED) is 0.782. The van der Waals surface area contributed by atoms with E-state index in [4.69, 9.17) is 4.74 Å². The Morgan fingerprint density at radius 1 is 1.44 bits per heavy atom. The SMILES string of the molecule is O=C(CC1CC1)C1Cc2cc(F)ccc2O1. The van der Waals surface area contributed by atoms with Crippen LogP contribution in [0.15, 0.2) is 18.2 Å². The molecule has 0 spiro atoms. The molecule has 2 aliphatic rings. The van der Waals surface area contributed by atoms with Crippen LogP contribution in [0, 0.1) is 11.7 Å². The molecule has 0 bridgehead atoms. The summed E-state index contributed by atoms with van der Waals surface area (Å²) in [4.78, 5) is 11.8. The zero-order chi connectivity index (χ0) is 11.1. The first kappa shape index (κ1) is 9.82. The minimum atomic E-state index is -0.377. The summed E-state index contributed by atoms with van der Waals surface area (Å²) in [7, 11) is 0. The number of carbonyl (C=O) groups excluding carboxylic acids is 1. The van der Waals surface area contributed by atoms with Crippen LogP contribution in [0.5, 0.6) is 5.75 Å². The van der Waals surface area contributed by atoms with E-state index in [-0.39, 0.29) is 17.7 Å². The van der Waals surface area contributed by atoms with Gasteiger partial charge >= 0.3 is 0 Å². The fraction of sp³-hybridized carbons (Fsp3) is 0.462. The number of hydrogen-bond donors (Lipinski definition) is 0. The van der Waals surface area contributed by atoms with Crippen molar-refractivity contribution in [2.45, 2.75) is 31.8 Å². The fourth-order valence-electron chi connectivity index (χ4n) is 2.13. The highest BCUT2D eigenvalue weighted by molar-refractivity contribution is 5.85. The normalized spacial score (nSPS) is 22.7. The number of ether oxygens (including phenoxy) is 1. The van der Waals surface area contributed by atoms with Gasteiger partial charge in [0.25, 0.3) is 0 Å². The molecule has 1 atom stereocenters. The van der Waals surface area contributed by atoms with Crippen molar-refractivity contribution in [1.82, 2.24) is 0 Å². The maximum Gasteiger partial charge on any atom is 0.173 e. The van der Waals surface area contributed by atoms with Gasteiger partial charge in [0.2, 0.25) is 0 Å². The van der Waals surface area contributed by atoms with Crippen LogP contribution < -0.4 is 4.74 Å². The van der Waals surface area contributed by atoms with Crippen molar-refractivity contribution >= 4 is 5.78 Å². The second-order valence-corrected chi connectivity index (χ2v) is 4.68. The summed E-state index contributed by atoms with van der Waals surface area (Å²) in [5, 5.41) is 0. The highest BCUT2D eigenvalue weighted by Gasteiger charge is 2.33. The van der Waals surface area contributed by atoms with Crippen molar-refractivity contribution in [3.8, 4) is 5.75 Å². The van der Waals surface area contributed by atoms with E-state index >= 15 is 0 Å². The largest absolute Gasteiger partial charge is 0.482 e. The molecule has 0 saturated heterocycles. The van der Waals surface area contributed by atoms with Gasteiger partial charge < -0.3 is 4.74 Å². The predicted molar refractivity (Wildman–Crippen MR) is 56.9 cm³/mol. The van der Waals surface area contributed by atoms with Crippen LogP contribution in [0.25, 0.3) is 0 Å². The molecule has 16 heavy (non-hydrogen) atoms. The van der Waals surface area contributed by atoms with Gasteiger partial charge in [0.15, 0.2) is 11.9 Å². The number of Topliss-reactive ketones (excluding diaryl/α,β-unsaturated/α-hetero) is 1. The zero-order valence-electron chi connectivity index (χ0n) is 8.91. The number of fused-ring (bicyclic) bond motifs is 1. The number of carbonyl (C=O) groups is 1. The Kier molecular flexibility index (Phi) is 2.20. The van der Waals surface area contributed by atoms with Gasteiger partial charge in [0.05, 0.1) is 0 Å². The summed E-state index contributed by atoms with van der Waals surface area (Å²) in [6.07, 6.45) is 3.11. The Morgan fingerprint density at radius 2 is 2.25 bits per heavy atom. The lowest BCUT2D eigenvalue weighted by Gasteiger charge is -2.08. The van der Waals surface area contributed by atoms with Gasteiger partial charge in [-0.3, -0.25) is 4.79 Å². The van der Waals surface area contributed by atoms with Crippen molar-refractivity contribution in [1.29, 1.82) is 0 Å². The van der Waals surface area contributed by atoms with Gasteiger partial charge in [0.1, 0.15) is 11.6 Å². The summed E-state index contributed by atoms with van der Waals surface area (Å²) in [5.74, 6) is 1.14. The third-order valence-corrected chi connectivity index (χ3v) is 3.24. The smallest absolute Gasteiger partial charge is 0.173 e. The van der Waals surface area contributed by atoms with Crippen LogP contribution in [0.1, 0.15) is 24.8 Å². The van der Waals surface area contributed by atoms with Gasteiger partial charge in [-0.05, 0) is 37.0 Å². The topological polar surface area (TPSA) is 26.3 Å². The molecule has 1 aliphatic heterocycles. The summed E-state index contributed by atoms with van der Waals surface area (Å²) in [6, 6.07) is 4.43. The summed E-state index contributed by atoms with van der Waals surface area (Å²) >= 11 is 0. The summed E-state index contributed by atoms with van der Waals surface area (Å²) < 4.78 is 18.5. The van der Waals surface area contributed by atoms with Gasteiger partial charge in [0, 0.05) is 18.4 Å². The minimum Gasteiger partial charge on any atom is -0.482 e. The number of ketones is 1. The number of benzene rings is 1. The van der Waals surface area contributed by atoms with E-state index < -0.39 is 0 Å². The van der Waals surface area contributed by atoms with E-state index in [9.17, 15) is 9.18 Å². The zero-order valence-corrected chi connectivity index (χ0v) is 8.91. The van der Waals surface area contributed by atoms with Crippen LogP contribution in [0.3, 0.4) is 0 Å². The summed E-state index contributed by atoms with van der Waals surface area (Å²) in [5.41, 5.74) is 0.814. The molecule has 1 fully saturated rings. The van der Waals surface area contributed by atoms with Crippen molar-refractivity contribution in [3.05, 3.63) is 29.6 Å². The molecule has 3 rings (SSSR count). The first-order valence-corrected chi connectivity index (χ1v) is 5.70. The maximum atomic E-state index is 13.0. The van der Waals surface area contributed by atoms with E-state index in [1.165, 1.54) is 25.0 Å². The standard InChI is InChI=1S/C13H13FO2/c14-10-3-4-12-9(6-10)7-13(16-12)11(15)5-8-1-2-8/h3-4,6,8,13H,1-2,5,7H2. The number of halogens is 1. The van der Waals surface area contributed by atoms with Gasteiger partial charge in [-0.1, -0.05) is 0 Å². The van der Waals surface area contributed by atoms with Gasteiger partial charge in [-0.25, -0.2) is 4.39 Å². The molecule has 1 heterocycles. The minimum absolute atomic E-state index is 0.166. The second-order valence-electron chi connectivity index (χ2n) is 4.68. The molecule has 1 aromatic carbocycles. The first-order chi connectivity index (χ1) is 7.72.